The Labute approximate surface area is 134 Å². The predicted octanol–water partition coefficient (Wildman–Crippen LogP) is 2.58. The van der Waals surface area contributed by atoms with Gasteiger partial charge in [-0.05, 0) is 43.4 Å². The van der Waals surface area contributed by atoms with Crippen LogP contribution < -0.4 is 5.32 Å². The predicted molar refractivity (Wildman–Crippen MR) is 87.1 cm³/mol. The molecule has 1 aliphatic carbocycles. The summed E-state index contributed by atoms with van der Waals surface area (Å²) in [5.41, 5.74) is 2.76. The van der Waals surface area contributed by atoms with Gasteiger partial charge in [0, 0.05) is 18.9 Å². The summed E-state index contributed by atoms with van der Waals surface area (Å²) in [4.78, 5) is 8.53. The first-order chi connectivity index (χ1) is 11.2. The average molecular weight is 312 g/mol. The van der Waals surface area contributed by atoms with E-state index in [2.05, 4.69) is 19.9 Å². The van der Waals surface area contributed by atoms with Crippen LogP contribution in [0, 0.1) is 12.8 Å². The van der Waals surface area contributed by atoms with E-state index in [1.54, 1.807) is 6.20 Å². The van der Waals surface area contributed by atoms with Crippen molar-refractivity contribution in [3.05, 3.63) is 42.5 Å². The van der Waals surface area contributed by atoms with Crippen LogP contribution in [-0.4, -0.2) is 31.8 Å². The highest BCUT2D eigenvalue weighted by atomic mass is 16.4. The zero-order chi connectivity index (χ0) is 15.8. The molecule has 2 aromatic heterocycles. The number of hydrogen-bond donors (Lipinski definition) is 2. The van der Waals surface area contributed by atoms with E-state index in [-0.39, 0.29) is 12.1 Å². The first-order valence-corrected chi connectivity index (χ1v) is 7.95. The maximum absolute atomic E-state index is 10.3. The Balaban J connectivity index is 1.45. The van der Waals surface area contributed by atoms with Gasteiger partial charge in [0.05, 0.1) is 18.5 Å². The fourth-order valence-electron chi connectivity index (χ4n) is 3.37. The summed E-state index contributed by atoms with van der Waals surface area (Å²) in [7, 11) is 0. The zero-order valence-corrected chi connectivity index (χ0v) is 13.0. The van der Waals surface area contributed by atoms with Crippen molar-refractivity contribution < 1.29 is 9.52 Å². The van der Waals surface area contributed by atoms with Crippen molar-refractivity contribution in [1.82, 2.24) is 14.5 Å². The van der Waals surface area contributed by atoms with Gasteiger partial charge in [0.25, 0.3) is 6.01 Å². The SMILES string of the molecule is Cc1ccc2oc(N[C@@H]3CC(Cn4ccnc4)C[C@H]3O)nc2c1. The van der Waals surface area contributed by atoms with Gasteiger partial charge in [-0.1, -0.05) is 6.07 Å². The minimum atomic E-state index is -0.389. The second-order valence-electron chi connectivity index (χ2n) is 6.41. The molecule has 1 fully saturated rings. The summed E-state index contributed by atoms with van der Waals surface area (Å²) < 4.78 is 7.78. The smallest absolute Gasteiger partial charge is 0.295 e. The summed E-state index contributed by atoms with van der Waals surface area (Å²) in [5, 5.41) is 13.6. The number of nitrogens with one attached hydrogen (secondary N) is 1. The van der Waals surface area contributed by atoms with E-state index in [1.807, 2.05) is 37.6 Å². The lowest BCUT2D eigenvalue weighted by Crippen LogP contribution is -2.28. The average Bonchev–Trinajstić information content (AvgIpc) is 3.21. The van der Waals surface area contributed by atoms with Crippen molar-refractivity contribution >= 4 is 17.1 Å². The van der Waals surface area contributed by atoms with Gasteiger partial charge < -0.3 is 19.4 Å². The van der Waals surface area contributed by atoms with Crippen LogP contribution in [0.1, 0.15) is 18.4 Å². The summed E-state index contributed by atoms with van der Waals surface area (Å²) in [6.45, 7) is 2.91. The van der Waals surface area contributed by atoms with E-state index < -0.39 is 0 Å². The second kappa shape index (κ2) is 5.70. The summed E-state index contributed by atoms with van der Waals surface area (Å²) >= 11 is 0. The number of aromatic nitrogens is 3. The third-order valence-corrected chi connectivity index (χ3v) is 4.51. The quantitative estimate of drug-likeness (QED) is 0.774. The number of hydrogen-bond acceptors (Lipinski definition) is 5. The molecule has 0 amide bonds. The number of aliphatic hydroxyl groups excluding tert-OH is 1. The number of aliphatic hydroxyl groups is 1. The maximum Gasteiger partial charge on any atom is 0.295 e. The van der Waals surface area contributed by atoms with E-state index in [4.69, 9.17) is 4.42 Å². The number of anilines is 1. The third kappa shape index (κ3) is 2.94. The molecule has 1 aliphatic rings. The molecular formula is C17H20N4O2. The molecule has 6 nitrogen and oxygen atoms in total. The lowest BCUT2D eigenvalue weighted by Gasteiger charge is -2.14. The molecule has 0 aliphatic heterocycles. The Bertz CT molecular complexity index is 796. The lowest BCUT2D eigenvalue weighted by atomic mass is 10.1. The molecule has 120 valence electrons. The number of nitrogens with zero attached hydrogens (tertiary/aromatic N) is 3. The van der Waals surface area contributed by atoms with Crippen molar-refractivity contribution in [2.75, 3.05) is 5.32 Å². The highest BCUT2D eigenvalue weighted by Crippen LogP contribution is 2.30. The third-order valence-electron chi connectivity index (χ3n) is 4.51. The molecule has 0 bridgehead atoms. The molecular weight excluding hydrogens is 292 g/mol. The van der Waals surface area contributed by atoms with Crippen LogP contribution in [-0.2, 0) is 6.54 Å². The molecule has 0 saturated heterocycles. The second-order valence-corrected chi connectivity index (χ2v) is 6.41. The molecule has 1 saturated carbocycles. The van der Waals surface area contributed by atoms with E-state index >= 15 is 0 Å². The summed E-state index contributed by atoms with van der Waals surface area (Å²) in [6, 6.07) is 6.38. The Kier molecular flexibility index (Phi) is 3.53. The number of benzene rings is 1. The van der Waals surface area contributed by atoms with Crippen LogP contribution in [0.15, 0.2) is 41.3 Å². The minimum Gasteiger partial charge on any atom is -0.424 e. The highest BCUT2D eigenvalue weighted by molar-refractivity contribution is 5.75. The van der Waals surface area contributed by atoms with Gasteiger partial charge in [0.1, 0.15) is 5.52 Å². The van der Waals surface area contributed by atoms with E-state index in [9.17, 15) is 5.11 Å². The Hall–Kier alpha value is -2.34. The molecule has 3 atom stereocenters. The summed E-state index contributed by atoms with van der Waals surface area (Å²) in [6.07, 6.45) is 6.82. The van der Waals surface area contributed by atoms with Crippen molar-refractivity contribution in [3.8, 4) is 0 Å². The van der Waals surface area contributed by atoms with Gasteiger partial charge in [-0.15, -0.1) is 0 Å². The topological polar surface area (TPSA) is 76.1 Å². The minimum absolute atomic E-state index is 0.0299. The van der Waals surface area contributed by atoms with Crippen molar-refractivity contribution in [2.45, 2.75) is 38.5 Å². The number of rotatable bonds is 4. The molecule has 6 heteroatoms. The van der Waals surface area contributed by atoms with Crippen LogP contribution >= 0.6 is 0 Å². The van der Waals surface area contributed by atoms with Gasteiger partial charge in [0.15, 0.2) is 5.58 Å². The van der Waals surface area contributed by atoms with Gasteiger partial charge in [0.2, 0.25) is 0 Å². The number of oxazole rings is 1. The monoisotopic (exact) mass is 312 g/mol. The van der Waals surface area contributed by atoms with Crippen LogP contribution in [0.25, 0.3) is 11.1 Å². The number of imidazole rings is 1. The van der Waals surface area contributed by atoms with Crippen LogP contribution in [0.5, 0.6) is 0 Å². The highest BCUT2D eigenvalue weighted by Gasteiger charge is 2.33. The molecule has 4 rings (SSSR count). The standard InChI is InChI=1S/C17H20N4O2/c1-11-2-3-16-14(6-11)20-17(23-16)19-13-7-12(8-15(13)22)9-21-5-4-18-10-21/h2-6,10,12-13,15,22H,7-9H2,1H3,(H,19,20)/t12?,13-,15-/m1/s1. The van der Waals surface area contributed by atoms with Crippen LogP contribution in [0.2, 0.25) is 0 Å². The van der Waals surface area contributed by atoms with Crippen molar-refractivity contribution in [2.24, 2.45) is 5.92 Å². The van der Waals surface area contributed by atoms with E-state index in [1.165, 1.54) is 0 Å². The van der Waals surface area contributed by atoms with Crippen molar-refractivity contribution in [1.29, 1.82) is 0 Å². The zero-order valence-electron chi connectivity index (χ0n) is 13.0. The molecule has 1 unspecified atom stereocenters. The molecule has 2 heterocycles. The Morgan fingerprint density at radius 2 is 2.30 bits per heavy atom. The largest absolute Gasteiger partial charge is 0.424 e. The first kappa shape index (κ1) is 14.3. The molecule has 2 N–H and O–H groups in total. The fraction of sp³-hybridized carbons (Fsp3) is 0.412. The van der Waals surface area contributed by atoms with Gasteiger partial charge in [-0.3, -0.25) is 0 Å². The normalized spacial score (nSPS) is 24.3. The Morgan fingerprint density at radius 3 is 3.13 bits per heavy atom. The first-order valence-electron chi connectivity index (χ1n) is 7.95. The molecule has 3 aromatic rings. The lowest BCUT2D eigenvalue weighted by molar-refractivity contribution is 0.165. The summed E-state index contributed by atoms with van der Waals surface area (Å²) in [5.74, 6) is 0.420. The molecule has 0 spiro atoms. The van der Waals surface area contributed by atoms with E-state index in [0.29, 0.717) is 11.9 Å². The maximum atomic E-state index is 10.3. The fourth-order valence-corrected chi connectivity index (χ4v) is 3.37. The van der Waals surface area contributed by atoms with Crippen LogP contribution in [0.3, 0.4) is 0 Å². The van der Waals surface area contributed by atoms with Crippen LogP contribution in [0.4, 0.5) is 6.01 Å². The number of aryl methyl sites for hydroxylation is 1. The van der Waals surface area contributed by atoms with Crippen molar-refractivity contribution in [3.63, 3.8) is 0 Å². The Morgan fingerprint density at radius 1 is 1.39 bits per heavy atom. The molecule has 0 radical (unpaired) electrons. The van der Waals surface area contributed by atoms with Gasteiger partial charge >= 0.3 is 0 Å². The van der Waals surface area contributed by atoms with Gasteiger partial charge in [-0.2, -0.15) is 4.98 Å². The number of fused-ring (bicyclic) bond motifs is 1. The van der Waals surface area contributed by atoms with E-state index in [0.717, 1.165) is 36.0 Å². The van der Waals surface area contributed by atoms with Gasteiger partial charge in [-0.25, -0.2) is 4.98 Å². The molecule has 23 heavy (non-hydrogen) atoms. The molecule has 1 aromatic carbocycles.